The maximum atomic E-state index is 13.0. The van der Waals surface area contributed by atoms with Gasteiger partial charge in [-0.3, -0.25) is 8.78 Å². The van der Waals surface area contributed by atoms with E-state index >= 15 is 0 Å². The molecule has 1 aromatic heterocycles. The van der Waals surface area contributed by atoms with Gasteiger partial charge in [-0.05, 0) is 35.4 Å². The minimum Gasteiger partial charge on any atom is -0.300 e. The fourth-order valence-corrected chi connectivity index (χ4v) is 3.82. The van der Waals surface area contributed by atoms with E-state index < -0.39 is 10.8 Å². The molecule has 2 aromatic carbocycles. The number of nitrogens with zero attached hydrogens (tertiary/aromatic N) is 3. The van der Waals surface area contributed by atoms with Crippen LogP contribution in [-0.2, 0) is 29.5 Å². The van der Waals surface area contributed by atoms with Crippen LogP contribution in [0.1, 0.15) is 17.0 Å². The van der Waals surface area contributed by atoms with E-state index in [0.29, 0.717) is 29.0 Å². The van der Waals surface area contributed by atoms with Gasteiger partial charge in [0.15, 0.2) is 0 Å². The average molecular weight is 390 g/mol. The Labute approximate surface area is 158 Å². The first-order chi connectivity index (χ1) is 12.6. The zero-order valence-electron chi connectivity index (χ0n) is 13.9. The maximum absolute atomic E-state index is 13.0. The van der Waals surface area contributed by atoms with Crippen molar-refractivity contribution < 1.29 is 8.60 Å². The molecule has 1 heterocycles. The Morgan fingerprint density at radius 2 is 1.73 bits per heavy atom. The van der Waals surface area contributed by atoms with Crippen LogP contribution in [-0.4, -0.2) is 19.0 Å². The first-order valence-electron chi connectivity index (χ1n) is 7.97. The van der Waals surface area contributed by atoms with Crippen LogP contribution in [0.15, 0.2) is 66.3 Å². The molecule has 0 saturated heterocycles. The largest absolute Gasteiger partial charge is 0.300 e. The van der Waals surface area contributed by atoms with E-state index in [1.165, 1.54) is 12.1 Å². The van der Waals surface area contributed by atoms with Crippen molar-refractivity contribution in [2.75, 3.05) is 0 Å². The summed E-state index contributed by atoms with van der Waals surface area (Å²) >= 11 is 5.92. The Morgan fingerprint density at radius 3 is 2.38 bits per heavy atom. The summed E-state index contributed by atoms with van der Waals surface area (Å²) in [5.41, 5.74) is 1.81. The molecule has 3 aromatic rings. The SMILES string of the molecule is C=CCn1c(Cc2ccc(Cl)cc2)nnc1S(=O)Cc1ccc(F)cc1. The topological polar surface area (TPSA) is 47.8 Å². The van der Waals surface area contributed by atoms with E-state index in [9.17, 15) is 8.60 Å². The van der Waals surface area contributed by atoms with Gasteiger partial charge in [0.2, 0.25) is 5.16 Å². The molecule has 26 heavy (non-hydrogen) atoms. The molecule has 0 amide bonds. The summed E-state index contributed by atoms with van der Waals surface area (Å²) < 4.78 is 27.6. The van der Waals surface area contributed by atoms with Crippen molar-refractivity contribution in [2.24, 2.45) is 0 Å². The smallest absolute Gasteiger partial charge is 0.222 e. The van der Waals surface area contributed by atoms with Crippen LogP contribution in [0, 0.1) is 5.82 Å². The first kappa shape index (κ1) is 18.5. The molecule has 0 aliphatic rings. The number of hydrogen-bond donors (Lipinski definition) is 0. The molecule has 3 rings (SSSR count). The highest BCUT2D eigenvalue weighted by Crippen LogP contribution is 2.17. The van der Waals surface area contributed by atoms with Crippen molar-refractivity contribution in [2.45, 2.75) is 23.9 Å². The summed E-state index contributed by atoms with van der Waals surface area (Å²) in [7, 11) is -1.40. The molecule has 4 nitrogen and oxygen atoms in total. The zero-order valence-corrected chi connectivity index (χ0v) is 15.5. The molecule has 0 N–H and O–H groups in total. The highest BCUT2D eigenvalue weighted by Gasteiger charge is 2.17. The zero-order chi connectivity index (χ0) is 18.5. The van der Waals surface area contributed by atoms with Gasteiger partial charge in [-0.2, -0.15) is 0 Å². The number of halogens is 2. The Kier molecular flexibility index (Phi) is 5.96. The van der Waals surface area contributed by atoms with Gasteiger partial charge in [-0.1, -0.05) is 41.9 Å². The minimum absolute atomic E-state index is 0.247. The molecule has 0 radical (unpaired) electrons. The van der Waals surface area contributed by atoms with Gasteiger partial charge in [0.05, 0.1) is 16.6 Å². The molecule has 0 aliphatic carbocycles. The quantitative estimate of drug-likeness (QED) is 0.570. The van der Waals surface area contributed by atoms with Gasteiger partial charge in [-0.25, -0.2) is 4.39 Å². The number of hydrogen-bond acceptors (Lipinski definition) is 3. The van der Waals surface area contributed by atoms with Gasteiger partial charge in [-0.15, -0.1) is 16.8 Å². The lowest BCUT2D eigenvalue weighted by molar-refractivity contribution is 0.627. The van der Waals surface area contributed by atoms with E-state index in [1.54, 1.807) is 22.8 Å². The van der Waals surface area contributed by atoms with Gasteiger partial charge in [0.25, 0.3) is 0 Å². The van der Waals surface area contributed by atoms with Crippen molar-refractivity contribution in [3.05, 3.63) is 89.0 Å². The molecule has 0 saturated carbocycles. The third kappa shape index (κ3) is 4.45. The molecule has 1 atom stereocenters. The molecule has 134 valence electrons. The molecule has 0 bridgehead atoms. The van der Waals surface area contributed by atoms with Gasteiger partial charge >= 0.3 is 0 Å². The van der Waals surface area contributed by atoms with E-state index in [4.69, 9.17) is 11.6 Å². The molecule has 7 heteroatoms. The van der Waals surface area contributed by atoms with Crippen molar-refractivity contribution in [3.63, 3.8) is 0 Å². The van der Waals surface area contributed by atoms with Crippen LogP contribution in [0.25, 0.3) is 0 Å². The lowest BCUT2D eigenvalue weighted by Gasteiger charge is -2.08. The lowest BCUT2D eigenvalue weighted by Crippen LogP contribution is -2.10. The maximum Gasteiger partial charge on any atom is 0.222 e. The summed E-state index contributed by atoms with van der Waals surface area (Å²) in [6.07, 6.45) is 2.26. The van der Waals surface area contributed by atoms with Crippen LogP contribution in [0.2, 0.25) is 5.02 Å². The Hall–Kier alpha value is -2.31. The van der Waals surface area contributed by atoms with Gasteiger partial charge in [0.1, 0.15) is 11.6 Å². The highest BCUT2D eigenvalue weighted by atomic mass is 35.5. The van der Waals surface area contributed by atoms with Crippen molar-refractivity contribution in [1.82, 2.24) is 14.8 Å². The van der Waals surface area contributed by atoms with Crippen LogP contribution in [0.5, 0.6) is 0 Å². The summed E-state index contributed by atoms with van der Waals surface area (Å²) in [6, 6.07) is 13.4. The van der Waals surface area contributed by atoms with Gasteiger partial charge in [0, 0.05) is 18.0 Å². The van der Waals surface area contributed by atoms with Crippen LogP contribution < -0.4 is 0 Å². The van der Waals surface area contributed by atoms with Crippen LogP contribution >= 0.6 is 11.6 Å². The minimum atomic E-state index is -1.40. The molecular formula is C19H17ClFN3OS. The number of allylic oxidation sites excluding steroid dienone is 1. The predicted octanol–water partition coefficient (Wildman–Crippen LogP) is 4.16. The molecule has 0 fully saturated rings. The lowest BCUT2D eigenvalue weighted by atomic mass is 10.1. The molecule has 0 spiro atoms. The van der Waals surface area contributed by atoms with Crippen molar-refractivity contribution >= 4 is 22.4 Å². The third-order valence-corrected chi connectivity index (χ3v) is 5.35. The number of aromatic nitrogens is 3. The second kappa shape index (κ2) is 8.38. The average Bonchev–Trinajstić information content (AvgIpc) is 3.02. The fourth-order valence-electron chi connectivity index (χ4n) is 2.51. The van der Waals surface area contributed by atoms with Crippen LogP contribution in [0.3, 0.4) is 0 Å². The van der Waals surface area contributed by atoms with E-state index in [0.717, 1.165) is 11.1 Å². The first-order valence-corrected chi connectivity index (χ1v) is 9.66. The Balaban J connectivity index is 1.83. The van der Waals surface area contributed by atoms with Crippen molar-refractivity contribution in [3.8, 4) is 0 Å². The highest BCUT2D eigenvalue weighted by molar-refractivity contribution is 7.84. The number of benzene rings is 2. The predicted molar refractivity (Wildman–Crippen MR) is 101 cm³/mol. The van der Waals surface area contributed by atoms with E-state index in [2.05, 4.69) is 16.8 Å². The molecule has 0 aliphatic heterocycles. The standard InChI is InChI=1S/C19H17ClFN3OS/c1-2-11-24-18(12-14-3-7-16(20)8-4-14)22-23-19(24)26(25)13-15-5-9-17(21)10-6-15/h2-10H,1,11-13H2. The van der Waals surface area contributed by atoms with E-state index in [-0.39, 0.29) is 11.6 Å². The number of rotatable bonds is 7. The monoisotopic (exact) mass is 389 g/mol. The van der Waals surface area contributed by atoms with E-state index in [1.807, 2.05) is 24.3 Å². The third-order valence-electron chi connectivity index (χ3n) is 3.80. The summed E-state index contributed by atoms with van der Waals surface area (Å²) in [5, 5.41) is 9.39. The van der Waals surface area contributed by atoms with Crippen molar-refractivity contribution in [1.29, 1.82) is 0 Å². The second-order valence-corrected chi connectivity index (χ2v) is 7.50. The summed E-state index contributed by atoms with van der Waals surface area (Å²) in [5.74, 6) is 0.630. The fraction of sp³-hybridized carbons (Fsp3) is 0.158. The Bertz CT molecular complexity index is 923. The van der Waals surface area contributed by atoms with Crippen LogP contribution in [0.4, 0.5) is 4.39 Å². The normalized spacial score (nSPS) is 12.1. The molecular weight excluding hydrogens is 373 g/mol. The van der Waals surface area contributed by atoms with Gasteiger partial charge < -0.3 is 0 Å². The molecule has 1 unspecified atom stereocenters. The second-order valence-electron chi connectivity index (χ2n) is 5.72. The summed E-state index contributed by atoms with van der Waals surface area (Å²) in [6.45, 7) is 4.21. The summed E-state index contributed by atoms with van der Waals surface area (Å²) in [4.78, 5) is 0. The Morgan fingerprint density at radius 1 is 1.08 bits per heavy atom.